The molecule has 1 saturated carbocycles. The van der Waals surface area contributed by atoms with E-state index in [0.29, 0.717) is 23.9 Å². The number of alkyl halides is 3. The number of fused-ring (bicyclic) bond motifs is 5. The first-order valence-corrected chi connectivity index (χ1v) is 9.65. The molecule has 1 fully saturated rings. The van der Waals surface area contributed by atoms with Crippen molar-refractivity contribution in [3.05, 3.63) is 47.7 Å². The van der Waals surface area contributed by atoms with Gasteiger partial charge in [-0.1, -0.05) is 30.4 Å². The molecule has 1 aromatic carbocycles. The second-order valence-electron chi connectivity index (χ2n) is 8.13. The number of amides is 1. The van der Waals surface area contributed by atoms with E-state index >= 15 is 0 Å². The SMILES string of the molecule is O=C(O)[C@@H]1[C@H](C(=O)N2CCc3c([nH]c4ccccc34)[C@@H]2C(F)(F)F)[C@@H]2C=C[C@H]1C2. The van der Waals surface area contributed by atoms with Gasteiger partial charge in [-0.15, -0.1) is 0 Å². The molecule has 0 spiro atoms. The first-order valence-electron chi connectivity index (χ1n) is 9.65. The molecule has 0 saturated heterocycles. The highest BCUT2D eigenvalue weighted by Crippen LogP contribution is 2.51. The Hall–Kier alpha value is -2.77. The van der Waals surface area contributed by atoms with Gasteiger partial charge < -0.3 is 15.0 Å². The van der Waals surface area contributed by atoms with E-state index in [1.807, 2.05) is 0 Å². The number of H-pyrrole nitrogens is 1. The number of carboxylic acids is 1. The van der Waals surface area contributed by atoms with Crippen LogP contribution in [0.3, 0.4) is 0 Å². The minimum atomic E-state index is -4.67. The lowest BCUT2D eigenvalue weighted by molar-refractivity contribution is -0.197. The first kappa shape index (κ1) is 18.3. The molecule has 0 radical (unpaired) electrons. The zero-order valence-electron chi connectivity index (χ0n) is 15.3. The Bertz CT molecular complexity index is 1040. The third-order valence-corrected chi connectivity index (χ3v) is 6.66. The summed E-state index contributed by atoms with van der Waals surface area (Å²) in [6, 6.07) is 4.92. The van der Waals surface area contributed by atoms with Crippen molar-refractivity contribution in [2.24, 2.45) is 23.7 Å². The van der Waals surface area contributed by atoms with Gasteiger partial charge in [-0.25, -0.2) is 0 Å². The fourth-order valence-electron chi connectivity index (χ4n) is 5.51. The number of nitrogens with one attached hydrogen (secondary N) is 1. The van der Waals surface area contributed by atoms with Crippen molar-refractivity contribution in [2.75, 3.05) is 6.54 Å². The van der Waals surface area contributed by atoms with E-state index in [2.05, 4.69) is 4.98 Å². The fraction of sp³-hybridized carbons (Fsp3) is 0.429. The summed E-state index contributed by atoms with van der Waals surface area (Å²) in [6.45, 7) is -0.0815. The zero-order valence-corrected chi connectivity index (χ0v) is 15.3. The second kappa shape index (κ2) is 6.11. The van der Waals surface area contributed by atoms with Crippen molar-refractivity contribution in [2.45, 2.75) is 25.1 Å². The number of halogens is 3. The minimum Gasteiger partial charge on any atom is -0.481 e. The number of benzene rings is 1. The molecule has 2 N–H and O–H groups in total. The van der Waals surface area contributed by atoms with Gasteiger partial charge in [0.1, 0.15) is 0 Å². The number of rotatable bonds is 2. The van der Waals surface area contributed by atoms with Gasteiger partial charge in [0.05, 0.1) is 17.5 Å². The van der Waals surface area contributed by atoms with Crippen molar-refractivity contribution in [3.8, 4) is 0 Å². The van der Waals surface area contributed by atoms with Crippen LogP contribution < -0.4 is 0 Å². The Balaban J connectivity index is 1.57. The quantitative estimate of drug-likeness (QED) is 0.750. The lowest BCUT2D eigenvalue weighted by Gasteiger charge is -2.39. The van der Waals surface area contributed by atoms with Gasteiger partial charge in [0.15, 0.2) is 6.04 Å². The highest BCUT2D eigenvalue weighted by atomic mass is 19.4. The number of carbonyl (C=O) groups excluding carboxylic acids is 1. The van der Waals surface area contributed by atoms with Crippen LogP contribution in [0.2, 0.25) is 0 Å². The molecule has 2 aliphatic carbocycles. The maximum Gasteiger partial charge on any atom is 0.414 e. The summed E-state index contributed by atoms with van der Waals surface area (Å²) >= 11 is 0. The number of aromatic nitrogens is 1. The van der Waals surface area contributed by atoms with Gasteiger partial charge in [0, 0.05) is 17.4 Å². The first-order chi connectivity index (χ1) is 13.8. The number of hydrogen-bond acceptors (Lipinski definition) is 2. The minimum absolute atomic E-state index is 0.0103. The van der Waals surface area contributed by atoms with E-state index in [-0.39, 0.29) is 24.1 Å². The summed E-state index contributed by atoms with van der Waals surface area (Å²) in [5, 5.41) is 10.3. The molecule has 5 nitrogen and oxygen atoms in total. The molecule has 8 heteroatoms. The van der Waals surface area contributed by atoms with Gasteiger partial charge in [-0.05, 0) is 36.3 Å². The molecule has 1 aromatic heterocycles. The van der Waals surface area contributed by atoms with E-state index in [9.17, 15) is 27.9 Å². The van der Waals surface area contributed by atoms with E-state index in [0.717, 1.165) is 10.3 Å². The summed E-state index contributed by atoms with van der Waals surface area (Å²) in [5.74, 6) is -4.34. The monoisotopic (exact) mass is 404 g/mol. The van der Waals surface area contributed by atoms with Gasteiger partial charge >= 0.3 is 12.1 Å². The summed E-state index contributed by atoms with van der Waals surface area (Å²) in [4.78, 5) is 28.8. The molecule has 2 aromatic rings. The molecule has 0 unspecified atom stereocenters. The number of para-hydroxylation sites is 1. The number of aromatic amines is 1. The normalized spacial score (nSPS) is 30.7. The molecule has 152 valence electrons. The number of carboxylic acid groups (broad SMARTS) is 1. The van der Waals surface area contributed by atoms with Crippen molar-refractivity contribution < 1.29 is 27.9 Å². The molecule has 3 aliphatic rings. The lowest BCUT2D eigenvalue weighted by atomic mass is 9.81. The van der Waals surface area contributed by atoms with E-state index < -0.39 is 35.9 Å². The van der Waals surface area contributed by atoms with Crippen molar-refractivity contribution in [1.82, 2.24) is 9.88 Å². The molecule has 1 aliphatic heterocycles. The molecule has 5 atom stereocenters. The standard InChI is InChI=1S/C21H19F3N2O3/c22-21(23,24)18-17-13(12-3-1-2-4-14(12)25-17)7-8-26(18)19(27)15-10-5-6-11(9-10)16(15)20(28)29/h1-6,10-11,15-16,18,25H,7-9H2,(H,28,29)/t10-,11+,15-,16+,18-/m1/s1. The Kier molecular flexibility index (Phi) is 3.85. The van der Waals surface area contributed by atoms with Gasteiger partial charge in [0.2, 0.25) is 5.91 Å². The molecule has 2 heterocycles. The highest BCUT2D eigenvalue weighted by molar-refractivity contribution is 5.89. The van der Waals surface area contributed by atoms with Crippen molar-refractivity contribution in [3.63, 3.8) is 0 Å². The summed E-state index contributed by atoms with van der Waals surface area (Å²) in [5.41, 5.74) is 1.17. The lowest BCUT2D eigenvalue weighted by Crippen LogP contribution is -2.51. The Morgan fingerprint density at radius 1 is 1.10 bits per heavy atom. The number of nitrogens with zero attached hydrogens (tertiary/aromatic N) is 1. The maximum absolute atomic E-state index is 14.1. The maximum atomic E-state index is 14.1. The van der Waals surface area contributed by atoms with E-state index in [1.54, 1.807) is 36.4 Å². The van der Waals surface area contributed by atoms with Crippen LogP contribution in [0, 0.1) is 23.7 Å². The van der Waals surface area contributed by atoms with Crippen LogP contribution in [-0.2, 0) is 16.0 Å². The van der Waals surface area contributed by atoms with Crippen LogP contribution in [0.4, 0.5) is 13.2 Å². The molecule has 2 bridgehead atoms. The van der Waals surface area contributed by atoms with Gasteiger partial charge in [-0.2, -0.15) is 13.2 Å². The van der Waals surface area contributed by atoms with E-state index in [4.69, 9.17) is 0 Å². The largest absolute Gasteiger partial charge is 0.481 e. The number of carbonyl (C=O) groups is 2. The predicted molar refractivity (Wildman–Crippen MR) is 97.9 cm³/mol. The molecule has 5 rings (SSSR count). The second-order valence-corrected chi connectivity index (χ2v) is 8.13. The average Bonchev–Trinajstić information content (AvgIpc) is 3.37. The summed E-state index contributed by atoms with van der Waals surface area (Å²) in [6.07, 6.45) is -0.298. The zero-order chi connectivity index (χ0) is 20.5. The highest BCUT2D eigenvalue weighted by Gasteiger charge is 2.57. The average molecular weight is 404 g/mol. The van der Waals surface area contributed by atoms with Gasteiger partial charge in [-0.3, -0.25) is 9.59 Å². The number of allylic oxidation sites excluding steroid dienone is 2. The van der Waals surface area contributed by atoms with Crippen molar-refractivity contribution >= 4 is 22.8 Å². The van der Waals surface area contributed by atoms with Crippen LogP contribution in [0.15, 0.2) is 36.4 Å². The third-order valence-electron chi connectivity index (χ3n) is 6.66. The van der Waals surface area contributed by atoms with Gasteiger partial charge in [0.25, 0.3) is 0 Å². The topological polar surface area (TPSA) is 73.4 Å². The third kappa shape index (κ3) is 2.61. The summed E-state index contributed by atoms with van der Waals surface area (Å²) < 4.78 is 42.4. The van der Waals surface area contributed by atoms with Crippen LogP contribution in [-0.4, -0.2) is 39.6 Å². The number of hydrogen-bond donors (Lipinski definition) is 2. The smallest absolute Gasteiger partial charge is 0.414 e. The Morgan fingerprint density at radius 3 is 2.48 bits per heavy atom. The fourth-order valence-corrected chi connectivity index (χ4v) is 5.51. The Morgan fingerprint density at radius 2 is 1.79 bits per heavy atom. The van der Waals surface area contributed by atoms with Crippen LogP contribution in [0.1, 0.15) is 23.7 Å². The Labute approximate surface area is 164 Å². The molecular weight excluding hydrogens is 385 g/mol. The molecular formula is C21H19F3N2O3. The predicted octanol–water partition coefficient (Wildman–Crippen LogP) is 3.68. The van der Waals surface area contributed by atoms with Crippen LogP contribution >= 0.6 is 0 Å². The molecule has 29 heavy (non-hydrogen) atoms. The van der Waals surface area contributed by atoms with E-state index in [1.165, 1.54) is 0 Å². The summed E-state index contributed by atoms with van der Waals surface area (Å²) in [7, 11) is 0. The number of aliphatic carboxylic acids is 1. The van der Waals surface area contributed by atoms with Crippen LogP contribution in [0.5, 0.6) is 0 Å². The van der Waals surface area contributed by atoms with Crippen LogP contribution in [0.25, 0.3) is 10.9 Å². The van der Waals surface area contributed by atoms with Crippen molar-refractivity contribution in [1.29, 1.82) is 0 Å². The molecule has 1 amide bonds.